The van der Waals surface area contributed by atoms with E-state index in [0.29, 0.717) is 22.9 Å². The number of nitrogens with zero attached hydrogens (tertiary/aromatic N) is 1. The summed E-state index contributed by atoms with van der Waals surface area (Å²) in [5.74, 6) is 0. The first kappa shape index (κ1) is 20.1. The van der Waals surface area contributed by atoms with Gasteiger partial charge in [-0.2, -0.15) is 13.2 Å². The molecule has 3 rings (SSSR count). The first-order valence-electron chi connectivity index (χ1n) is 9.47. The molecule has 1 aromatic carbocycles. The minimum absolute atomic E-state index is 0.0894. The van der Waals surface area contributed by atoms with Crippen molar-refractivity contribution in [2.24, 2.45) is 5.41 Å². The molecule has 0 radical (unpaired) electrons. The Labute approximate surface area is 158 Å². The predicted molar refractivity (Wildman–Crippen MR) is 101 cm³/mol. The van der Waals surface area contributed by atoms with Crippen LogP contribution in [0, 0.1) is 5.41 Å². The number of piperidine rings is 1. The number of aliphatic hydroxyl groups excluding tert-OH is 1. The highest BCUT2D eigenvalue weighted by atomic mass is 19.4. The number of para-hydroxylation sites is 1. The molecule has 2 N–H and O–H groups in total. The lowest BCUT2D eigenvalue weighted by Gasteiger charge is -2.29. The van der Waals surface area contributed by atoms with Gasteiger partial charge in [-0.1, -0.05) is 45.4 Å². The van der Waals surface area contributed by atoms with Crippen molar-refractivity contribution in [1.29, 1.82) is 0 Å². The molecule has 1 aromatic heterocycles. The van der Waals surface area contributed by atoms with Crippen molar-refractivity contribution >= 4 is 10.9 Å². The van der Waals surface area contributed by atoms with Crippen LogP contribution in [0.4, 0.5) is 13.2 Å². The Balaban J connectivity index is 2.17. The van der Waals surface area contributed by atoms with Crippen molar-refractivity contribution in [2.75, 3.05) is 6.54 Å². The standard InChI is InChI=1S/C21H27F3N2O/c1-20(2,3)12-13-7-6-8-14-15(19(27)16-9-4-5-10-25-16)11-17(21(22,23)24)26-18(13)14/h6-8,11,16,19,25,27H,4-5,9-10,12H2,1-3H3. The first-order valence-corrected chi connectivity index (χ1v) is 9.47. The molecule has 2 unspecified atom stereocenters. The van der Waals surface area contributed by atoms with Gasteiger partial charge in [0.15, 0.2) is 0 Å². The van der Waals surface area contributed by atoms with E-state index < -0.39 is 18.0 Å². The van der Waals surface area contributed by atoms with Crippen LogP contribution in [0.1, 0.15) is 63.0 Å². The molecule has 1 aliphatic heterocycles. The van der Waals surface area contributed by atoms with Crippen LogP contribution < -0.4 is 5.32 Å². The second-order valence-corrected chi connectivity index (χ2v) is 8.65. The molecule has 2 heterocycles. The number of hydrogen-bond acceptors (Lipinski definition) is 3. The van der Waals surface area contributed by atoms with Gasteiger partial charge in [-0.15, -0.1) is 0 Å². The molecule has 2 aromatic rings. The van der Waals surface area contributed by atoms with Gasteiger partial charge in [-0.05, 0) is 48.4 Å². The SMILES string of the molecule is CC(C)(C)Cc1cccc2c(C(O)C3CCCCN3)cc(C(F)(F)F)nc12. The van der Waals surface area contributed by atoms with Crippen molar-refractivity contribution in [1.82, 2.24) is 10.3 Å². The van der Waals surface area contributed by atoms with Crippen molar-refractivity contribution in [3.8, 4) is 0 Å². The van der Waals surface area contributed by atoms with E-state index in [4.69, 9.17) is 0 Å². The number of fused-ring (bicyclic) bond motifs is 1. The normalized spacial score (nSPS) is 20.0. The van der Waals surface area contributed by atoms with Crippen molar-refractivity contribution in [3.63, 3.8) is 0 Å². The molecule has 3 nitrogen and oxygen atoms in total. The zero-order chi connectivity index (χ0) is 19.8. The van der Waals surface area contributed by atoms with Crippen LogP contribution in [0.3, 0.4) is 0 Å². The Morgan fingerprint density at radius 2 is 1.96 bits per heavy atom. The average molecular weight is 380 g/mol. The van der Waals surface area contributed by atoms with Crippen LogP contribution in [0.2, 0.25) is 0 Å². The Kier molecular flexibility index (Phi) is 5.50. The first-order chi connectivity index (χ1) is 12.6. The molecular weight excluding hydrogens is 353 g/mol. The molecule has 0 amide bonds. The zero-order valence-corrected chi connectivity index (χ0v) is 16.0. The van der Waals surface area contributed by atoms with Crippen molar-refractivity contribution < 1.29 is 18.3 Å². The Hall–Kier alpha value is -1.66. The van der Waals surface area contributed by atoms with Crippen molar-refractivity contribution in [2.45, 2.75) is 64.8 Å². The fourth-order valence-corrected chi connectivity index (χ4v) is 3.80. The van der Waals surface area contributed by atoms with E-state index in [1.807, 2.05) is 32.9 Å². The summed E-state index contributed by atoms with van der Waals surface area (Å²) < 4.78 is 40.5. The van der Waals surface area contributed by atoms with E-state index in [9.17, 15) is 18.3 Å². The Bertz CT molecular complexity index is 805. The monoisotopic (exact) mass is 380 g/mol. The molecule has 0 aliphatic carbocycles. The average Bonchev–Trinajstić information content (AvgIpc) is 2.59. The van der Waals surface area contributed by atoms with Gasteiger partial charge in [0.1, 0.15) is 5.69 Å². The quantitative estimate of drug-likeness (QED) is 0.786. The van der Waals surface area contributed by atoms with E-state index in [-0.39, 0.29) is 11.5 Å². The summed E-state index contributed by atoms with van der Waals surface area (Å²) in [5.41, 5.74) is 0.389. The second kappa shape index (κ2) is 7.40. The molecule has 1 saturated heterocycles. The van der Waals surface area contributed by atoms with Gasteiger partial charge in [-0.25, -0.2) is 4.98 Å². The predicted octanol–water partition coefficient (Wildman–Crippen LogP) is 5.02. The van der Waals surface area contributed by atoms with Gasteiger partial charge in [0.25, 0.3) is 0 Å². The van der Waals surface area contributed by atoms with Crippen LogP contribution in [0.25, 0.3) is 10.9 Å². The molecular formula is C21H27F3N2O. The molecule has 2 atom stereocenters. The summed E-state index contributed by atoms with van der Waals surface area (Å²) >= 11 is 0. The fraction of sp³-hybridized carbons (Fsp3) is 0.571. The summed E-state index contributed by atoms with van der Waals surface area (Å²) in [5, 5.41) is 14.7. The van der Waals surface area contributed by atoms with Crippen molar-refractivity contribution in [3.05, 3.63) is 41.1 Å². The fourth-order valence-electron chi connectivity index (χ4n) is 3.80. The highest BCUT2D eigenvalue weighted by Crippen LogP contribution is 2.37. The van der Waals surface area contributed by atoms with Gasteiger partial charge in [0.05, 0.1) is 11.6 Å². The summed E-state index contributed by atoms with van der Waals surface area (Å²) in [6, 6.07) is 6.20. The zero-order valence-electron chi connectivity index (χ0n) is 16.0. The lowest BCUT2D eigenvalue weighted by atomic mass is 9.86. The van der Waals surface area contributed by atoms with E-state index >= 15 is 0 Å². The number of hydrogen-bond donors (Lipinski definition) is 2. The summed E-state index contributed by atoms with van der Waals surface area (Å²) in [7, 11) is 0. The molecule has 148 valence electrons. The third-order valence-electron chi connectivity index (χ3n) is 5.01. The maximum Gasteiger partial charge on any atom is 0.433 e. The molecule has 1 fully saturated rings. The number of rotatable bonds is 3. The number of aliphatic hydroxyl groups is 1. The Morgan fingerprint density at radius 3 is 2.56 bits per heavy atom. The largest absolute Gasteiger partial charge is 0.433 e. The second-order valence-electron chi connectivity index (χ2n) is 8.65. The minimum atomic E-state index is -4.56. The topological polar surface area (TPSA) is 45.1 Å². The third kappa shape index (κ3) is 4.61. The van der Waals surface area contributed by atoms with Gasteiger partial charge in [0.2, 0.25) is 0 Å². The molecule has 6 heteroatoms. The van der Waals surface area contributed by atoms with Gasteiger partial charge in [-0.3, -0.25) is 0 Å². The molecule has 27 heavy (non-hydrogen) atoms. The minimum Gasteiger partial charge on any atom is -0.387 e. The lowest BCUT2D eigenvalue weighted by Crippen LogP contribution is -2.39. The van der Waals surface area contributed by atoms with Gasteiger partial charge >= 0.3 is 6.18 Å². The maximum atomic E-state index is 13.5. The number of aromatic nitrogens is 1. The summed E-state index contributed by atoms with van der Waals surface area (Å²) in [4.78, 5) is 3.96. The number of alkyl halides is 3. The van der Waals surface area contributed by atoms with Gasteiger partial charge < -0.3 is 10.4 Å². The van der Waals surface area contributed by atoms with Gasteiger partial charge in [0, 0.05) is 11.4 Å². The van der Waals surface area contributed by atoms with E-state index in [1.54, 1.807) is 6.07 Å². The lowest BCUT2D eigenvalue weighted by molar-refractivity contribution is -0.141. The molecule has 0 saturated carbocycles. The number of pyridine rings is 1. The number of halogens is 3. The van der Waals surface area contributed by atoms with Crippen LogP contribution in [-0.4, -0.2) is 22.7 Å². The Morgan fingerprint density at radius 1 is 1.22 bits per heavy atom. The highest BCUT2D eigenvalue weighted by molar-refractivity contribution is 5.86. The highest BCUT2D eigenvalue weighted by Gasteiger charge is 2.35. The summed E-state index contributed by atoms with van der Waals surface area (Å²) in [6.45, 7) is 6.90. The van der Waals surface area contributed by atoms with Crippen LogP contribution in [0.15, 0.2) is 24.3 Å². The van der Waals surface area contributed by atoms with E-state index in [2.05, 4.69) is 10.3 Å². The number of nitrogens with one attached hydrogen (secondary N) is 1. The van der Waals surface area contributed by atoms with Crippen LogP contribution in [0.5, 0.6) is 0 Å². The summed E-state index contributed by atoms with van der Waals surface area (Å²) in [6.07, 6.45) is -2.23. The molecule has 0 bridgehead atoms. The van der Waals surface area contributed by atoms with Crippen LogP contribution in [-0.2, 0) is 12.6 Å². The maximum absolute atomic E-state index is 13.5. The molecule has 0 spiro atoms. The van der Waals surface area contributed by atoms with E-state index in [1.165, 1.54) is 0 Å². The molecule has 1 aliphatic rings. The van der Waals surface area contributed by atoms with E-state index in [0.717, 1.165) is 37.4 Å². The number of benzene rings is 1. The van der Waals surface area contributed by atoms with Crippen LogP contribution >= 0.6 is 0 Å². The third-order valence-corrected chi connectivity index (χ3v) is 5.01. The smallest absolute Gasteiger partial charge is 0.387 e.